The monoisotopic (exact) mass is 257 g/mol. The number of aliphatic hydroxyl groups is 1. The van der Waals surface area contributed by atoms with Gasteiger partial charge in [0.25, 0.3) is 0 Å². The molecule has 5 nitrogen and oxygen atoms in total. The van der Waals surface area contributed by atoms with Gasteiger partial charge in [0.05, 0.1) is 19.8 Å². The lowest BCUT2D eigenvalue weighted by Crippen LogP contribution is -2.53. The van der Waals surface area contributed by atoms with E-state index in [2.05, 4.69) is 21.6 Å². The lowest BCUT2D eigenvalue weighted by Gasteiger charge is -2.40. The zero-order valence-corrected chi connectivity index (χ0v) is 11.6. The van der Waals surface area contributed by atoms with E-state index < -0.39 is 0 Å². The summed E-state index contributed by atoms with van der Waals surface area (Å²) in [5, 5.41) is 8.94. The normalized spacial score (nSPS) is 26.3. The first-order chi connectivity index (χ1) is 8.79. The van der Waals surface area contributed by atoms with E-state index in [1.165, 1.54) is 0 Å². The van der Waals surface area contributed by atoms with Gasteiger partial charge in [0.1, 0.15) is 0 Å². The molecule has 0 aromatic carbocycles. The van der Waals surface area contributed by atoms with E-state index in [0.717, 1.165) is 65.6 Å². The van der Waals surface area contributed by atoms with Crippen molar-refractivity contribution in [2.75, 3.05) is 72.2 Å². The Balaban J connectivity index is 1.68. The first-order valence-corrected chi connectivity index (χ1v) is 7.17. The quantitative estimate of drug-likeness (QED) is 0.706. The van der Waals surface area contributed by atoms with Crippen LogP contribution in [0.3, 0.4) is 0 Å². The predicted molar refractivity (Wildman–Crippen MR) is 71.8 cm³/mol. The molecule has 0 saturated carbocycles. The molecule has 1 unspecified atom stereocenters. The molecule has 5 heteroatoms. The Morgan fingerprint density at radius 3 is 2.28 bits per heavy atom. The maximum Gasteiger partial charge on any atom is 0.0594 e. The van der Waals surface area contributed by atoms with Gasteiger partial charge in [-0.3, -0.25) is 14.7 Å². The topological polar surface area (TPSA) is 39.2 Å². The van der Waals surface area contributed by atoms with Crippen LogP contribution in [0, 0.1) is 0 Å². The number of aliphatic hydroxyl groups excluding tert-OH is 1. The predicted octanol–water partition coefficient (Wildman–Crippen LogP) is -0.683. The number of β-amino-alcohol motifs (C(OH)–C–C–N with tert-alkyl or cyclic N) is 1. The molecule has 0 aliphatic carbocycles. The molecule has 1 N–H and O–H groups in total. The third kappa shape index (κ3) is 4.17. The fraction of sp³-hybridized carbons (Fsp3) is 1.00. The highest BCUT2D eigenvalue weighted by molar-refractivity contribution is 4.79. The standard InChI is InChI=1S/C13H27N3O2/c1-13(12-15-7-10-18-11-8-15)16-4-2-14(3-5-16)6-9-17/h13,17H,2-12H2,1H3. The van der Waals surface area contributed by atoms with Crippen LogP contribution >= 0.6 is 0 Å². The van der Waals surface area contributed by atoms with E-state index in [9.17, 15) is 0 Å². The molecule has 2 heterocycles. The van der Waals surface area contributed by atoms with Crippen molar-refractivity contribution in [1.82, 2.24) is 14.7 Å². The molecule has 0 bridgehead atoms. The SMILES string of the molecule is CC(CN1CCOCC1)N1CCN(CCO)CC1. The van der Waals surface area contributed by atoms with E-state index in [0.29, 0.717) is 6.04 Å². The van der Waals surface area contributed by atoms with Crippen LogP contribution in [0.2, 0.25) is 0 Å². The average Bonchev–Trinajstić information content (AvgIpc) is 2.41. The maximum absolute atomic E-state index is 8.94. The maximum atomic E-state index is 8.94. The molecular formula is C13H27N3O2. The highest BCUT2D eigenvalue weighted by Crippen LogP contribution is 2.08. The van der Waals surface area contributed by atoms with Gasteiger partial charge in [0.15, 0.2) is 0 Å². The molecule has 2 fully saturated rings. The molecule has 106 valence electrons. The number of ether oxygens (including phenoxy) is 1. The zero-order valence-electron chi connectivity index (χ0n) is 11.6. The number of morpholine rings is 1. The van der Waals surface area contributed by atoms with Crippen molar-refractivity contribution in [3.63, 3.8) is 0 Å². The summed E-state index contributed by atoms with van der Waals surface area (Å²) in [5.74, 6) is 0. The van der Waals surface area contributed by atoms with Crippen LogP contribution in [0.1, 0.15) is 6.92 Å². The van der Waals surface area contributed by atoms with Crippen LogP contribution in [-0.2, 0) is 4.74 Å². The van der Waals surface area contributed by atoms with Crippen LogP contribution in [0.25, 0.3) is 0 Å². The minimum absolute atomic E-state index is 0.281. The number of hydrogen-bond donors (Lipinski definition) is 1. The summed E-state index contributed by atoms with van der Waals surface area (Å²) >= 11 is 0. The zero-order chi connectivity index (χ0) is 12.8. The molecule has 0 aromatic heterocycles. The van der Waals surface area contributed by atoms with Crippen LogP contribution in [0.15, 0.2) is 0 Å². The van der Waals surface area contributed by atoms with Crippen molar-refractivity contribution in [1.29, 1.82) is 0 Å². The van der Waals surface area contributed by atoms with Crippen molar-refractivity contribution >= 4 is 0 Å². The van der Waals surface area contributed by atoms with Gasteiger partial charge in [0.2, 0.25) is 0 Å². The summed E-state index contributed by atoms with van der Waals surface area (Å²) in [5.41, 5.74) is 0. The van der Waals surface area contributed by atoms with Gasteiger partial charge in [-0.15, -0.1) is 0 Å². The molecule has 0 amide bonds. The highest BCUT2D eigenvalue weighted by Gasteiger charge is 2.22. The van der Waals surface area contributed by atoms with Crippen molar-refractivity contribution in [2.24, 2.45) is 0 Å². The third-order valence-corrected chi connectivity index (χ3v) is 4.07. The fourth-order valence-electron chi connectivity index (χ4n) is 2.84. The molecule has 2 aliphatic rings. The van der Waals surface area contributed by atoms with Crippen molar-refractivity contribution in [3.8, 4) is 0 Å². The second-order valence-electron chi connectivity index (χ2n) is 5.36. The number of nitrogens with zero attached hydrogens (tertiary/aromatic N) is 3. The first-order valence-electron chi connectivity index (χ1n) is 7.17. The minimum Gasteiger partial charge on any atom is -0.395 e. The van der Waals surface area contributed by atoms with Gasteiger partial charge in [-0.2, -0.15) is 0 Å². The molecule has 2 rings (SSSR count). The van der Waals surface area contributed by atoms with E-state index in [1.807, 2.05) is 0 Å². The van der Waals surface area contributed by atoms with Gasteiger partial charge in [-0.25, -0.2) is 0 Å². The van der Waals surface area contributed by atoms with Gasteiger partial charge in [0, 0.05) is 58.4 Å². The molecule has 0 aromatic rings. The van der Waals surface area contributed by atoms with Crippen LogP contribution in [0.5, 0.6) is 0 Å². The largest absolute Gasteiger partial charge is 0.395 e. The van der Waals surface area contributed by atoms with E-state index in [1.54, 1.807) is 0 Å². The summed E-state index contributed by atoms with van der Waals surface area (Å²) in [4.78, 5) is 7.43. The second-order valence-corrected chi connectivity index (χ2v) is 5.36. The molecule has 0 radical (unpaired) electrons. The Labute approximate surface area is 110 Å². The summed E-state index contributed by atoms with van der Waals surface area (Å²) < 4.78 is 5.38. The first kappa shape index (κ1) is 14.2. The Morgan fingerprint density at radius 1 is 1.00 bits per heavy atom. The van der Waals surface area contributed by atoms with Gasteiger partial charge >= 0.3 is 0 Å². The third-order valence-electron chi connectivity index (χ3n) is 4.07. The Hall–Kier alpha value is -0.200. The van der Waals surface area contributed by atoms with Crippen LogP contribution in [-0.4, -0.2) is 98.0 Å². The van der Waals surface area contributed by atoms with Crippen LogP contribution in [0.4, 0.5) is 0 Å². The minimum atomic E-state index is 0.281. The number of piperazine rings is 1. The molecule has 0 spiro atoms. The lowest BCUT2D eigenvalue weighted by atomic mass is 10.2. The van der Waals surface area contributed by atoms with Gasteiger partial charge in [-0.1, -0.05) is 0 Å². The molecule has 2 aliphatic heterocycles. The fourth-order valence-corrected chi connectivity index (χ4v) is 2.84. The lowest BCUT2D eigenvalue weighted by molar-refractivity contribution is 0.0167. The second kappa shape index (κ2) is 7.40. The van der Waals surface area contributed by atoms with E-state index in [-0.39, 0.29) is 6.61 Å². The Morgan fingerprint density at radius 2 is 1.67 bits per heavy atom. The summed E-state index contributed by atoms with van der Waals surface area (Å²) in [6, 6.07) is 0.624. The van der Waals surface area contributed by atoms with Gasteiger partial charge < -0.3 is 9.84 Å². The average molecular weight is 257 g/mol. The van der Waals surface area contributed by atoms with E-state index >= 15 is 0 Å². The molecule has 2 saturated heterocycles. The van der Waals surface area contributed by atoms with Crippen molar-refractivity contribution < 1.29 is 9.84 Å². The molecule has 1 atom stereocenters. The Bertz CT molecular complexity index is 226. The summed E-state index contributed by atoms with van der Waals surface area (Å²) in [6.07, 6.45) is 0. The van der Waals surface area contributed by atoms with Crippen LogP contribution < -0.4 is 0 Å². The summed E-state index contributed by atoms with van der Waals surface area (Å²) in [6.45, 7) is 13.0. The highest BCUT2D eigenvalue weighted by atomic mass is 16.5. The summed E-state index contributed by atoms with van der Waals surface area (Å²) in [7, 11) is 0. The van der Waals surface area contributed by atoms with Crippen molar-refractivity contribution in [2.45, 2.75) is 13.0 Å². The van der Waals surface area contributed by atoms with Gasteiger partial charge in [-0.05, 0) is 6.92 Å². The van der Waals surface area contributed by atoms with Crippen molar-refractivity contribution in [3.05, 3.63) is 0 Å². The smallest absolute Gasteiger partial charge is 0.0594 e. The Kier molecular flexibility index (Phi) is 5.85. The molecule has 18 heavy (non-hydrogen) atoms. The molecular weight excluding hydrogens is 230 g/mol. The number of rotatable bonds is 5. The van der Waals surface area contributed by atoms with E-state index in [4.69, 9.17) is 9.84 Å². The number of hydrogen-bond acceptors (Lipinski definition) is 5.